The normalized spacial score (nSPS) is 14.5. The first-order valence-corrected chi connectivity index (χ1v) is 10.6. The molecule has 0 saturated heterocycles. The molecule has 2 aromatic heterocycles. The number of nitrogens with zero attached hydrogens (tertiary/aromatic N) is 1. The number of fused-ring (bicyclic) bond motifs is 1. The van der Waals surface area contributed by atoms with Gasteiger partial charge < -0.3 is 19.9 Å². The van der Waals surface area contributed by atoms with Gasteiger partial charge in [0.25, 0.3) is 0 Å². The van der Waals surface area contributed by atoms with Crippen molar-refractivity contribution >= 4 is 28.3 Å². The predicted molar refractivity (Wildman–Crippen MR) is 123 cm³/mol. The summed E-state index contributed by atoms with van der Waals surface area (Å²) in [6.07, 6.45) is 3.47. The third-order valence-electron chi connectivity index (χ3n) is 6.26. The highest BCUT2D eigenvalue weighted by atomic mass is 35.5. The van der Waals surface area contributed by atoms with Crippen molar-refractivity contribution < 1.29 is 19.7 Å². The summed E-state index contributed by atoms with van der Waals surface area (Å²) >= 11 is 6.55. The van der Waals surface area contributed by atoms with Crippen LogP contribution in [0, 0.1) is 0 Å². The second-order valence-electron chi connectivity index (χ2n) is 8.16. The average molecular weight is 449 g/mol. The summed E-state index contributed by atoms with van der Waals surface area (Å²) in [5.74, 6) is -0.255. The number of ether oxygens (including phenoxy) is 1. The molecule has 1 aliphatic rings. The van der Waals surface area contributed by atoms with E-state index in [4.69, 9.17) is 16.3 Å². The number of aromatic nitrogens is 2. The zero-order chi connectivity index (χ0) is 22.5. The SMILES string of the molecule is COc1cc(C(=O)c2c(O)[nH]c3cc(Cl)c(-c4ccc(C5(CO)CC5)cc4)cc23)ccn1. The zero-order valence-electron chi connectivity index (χ0n) is 17.4. The first-order chi connectivity index (χ1) is 15.5. The zero-order valence-corrected chi connectivity index (χ0v) is 18.1. The minimum absolute atomic E-state index is 0.107. The van der Waals surface area contributed by atoms with Gasteiger partial charge in [0.1, 0.15) is 0 Å². The number of hydrogen-bond donors (Lipinski definition) is 3. The number of aromatic hydroxyl groups is 1. The highest BCUT2D eigenvalue weighted by molar-refractivity contribution is 6.34. The van der Waals surface area contributed by atoms with Crippen LogP contribution in [0.2, 0.25) is 5.02 Å². The van der Waals surface area contributed by atoms with Crippen molar-refractivity contribution in [2.45, 2.75) is 18.3 Å². The molecule has 1 aliphatic carbocycles. The minimum atomic E-state index is -0.350. The molecule has 3 N–H and O–H groups in total. The molecular formula is C25H21ClN2O4. The van der Waals surface area contributed by atoms with Crippen LogP contribution in [-0.4, -0.2) is 39.7 Å². The predicted octanol–water partition coefficient (Wildman–Crippen LogP) is 4.85. The summed E-state index contributed by atoms with van der Waals surface area (Å²) in [5.41, 5.74) is 3.73. The minimum Gasteiger partial charge on any atom is -0.494 e. The summed E-state index contributed by atoms with van der Waals surface area (Å²) in [6.45, 7) is 0.146. The molecule has 1 saturated carbocycles. The summed E-state index contributed by atoms with van der Waals surface area (Å²) < 4.78 is 5.11. The van der Waals surface area contributed by atoms with E-state index < -0.39 is 0 Å². The van der Waals surface area contributed by atoms with Gasteiger partial charge in [-0.2, -0.15) is 0 Å². The number of carbonyl (C=O) groups is 1. The number of rotatable bonds is 6. The number of halogens is 1. The van der Waals surface area contributed by atoms with Crippen LogP contribution in [0.1, 0.15) is 34.3 Å². The number of H-pyrrole nitrogens is 1. The molecule has 6 nitrogen and oxygen atoms in total. The molecule has 5 rings (SSSR count). The van der Waals surface area contributed by atoms with Crippen LogP contribution in [0.4, 0.5) is 0 Å². The number of aliphatic hydroxyl groups excluding tert-OH is 1. The van der Waals surface area contributed by atoms with Crippen LogP contribution >= 0.6 is 11.6 Å². The van der Waals surface area contributed by atoms with Crippen molar-refractivity contribution in [2.75, 3.05) is 13.7 Å². The van der Waals surface area contributed by atoms with Gasteiger partial charge in [-0.05, 0) is 42.2 Å². The number of benzene rings is 2. The molecule has 0 aliphatic heterocycles. The molecule has 0 spiro atoms. The first-order valence-electron chi connectivity index (χ1n) is 10.3. The van der Waals surface area contributed by atoms with Gasteiger partial charge in [0, 0.05) is 34.2 Å². The fourth-order valence-electron chi connectivity index (χ4n) is 4.15. The first kappa shape index (κ1) is 20.5. The second kappa shape index (κ2) is 7.65. The molecule has 7 heteroatoms. The van der Waals surface area contributed by atoms with Crippen molar-refractivity contribution in [3.63, 3.8) is 0 Å². The number of methoxy groups -OCH3 is 1. The van der Waals surface area contributed by atoms with E-state index in [2.05, 4.69) is 9.97 Å². The number of aliphatic hydroxyl groups is 1. The highest BCUT2D eigenvalue weighted by Gasteiger charge is 2.43. The van der Waals surface area contributed by atoms with E-state index in [0.29, 0.717) is 27.4 Å². The fourth-order valence-corrected chi connectivity index (χ4v) is 4.42. The molecule has 162 valence electrons. The third kappa shape index (κ3) is 3.32. The number of hydrogen-bond acceptors (Lipinski definition) is 5. The maximum atomic E-state index is 13.2. The molecule has 32 heavy (non-hydrogen) atoms. The summed E-state index contributed by atoms with van der Waals surface area (Å²) in [6, 6.07) is 14.6. The van der Waals surface area contributed by atoms with Gasteiger partial charge in [0.05, 0.1) is 29.8 Å². The fraction of sp³-hybridized carbons (Fsp3) is 0.200. The van der Waals surface area contributed by atoms with Gasteiger partial charge in [-0.15, -0.1) is 0 Å². The quantitative estimate of drug-likeness (QED) is 0.366. The number of nitrogens with one attached hydrogen (secondary N) is 1. The average Bonchev–Trinajstić information content (AvgIpc) is 3.55. The van der Waals surface area contributed by atoms with E-state index in [1.807, 2.05) is 30.3 Å². The maximum Gasteiger partial charge on any atom is 0.213 e. The highest BCUT2D eigenvalue weighted by Crippen LogP contribution is 2.48. The lowest BCUT2D eigenvalue weighted by Gasteiger charge is -2.13. The summed E-state index contributed by atoms with van der Waals surface area (Å²) in [4.78, 5) is 20.1. The molecule has 4 aromatic rings. The van der Waals surface area contributed by atoms with Gasteiger partial charge in [-0.3, -0.25) is 4.79 Å². The summed E-state index contributed by atoms with van der Waals surface area (Å²) in [7, 11) is 1.48. The molecule has 0 unspecified atom stereocenters. The van der Waals surface area contributed by atoms with Gasteiger partial charge in [-0.25, -0.2) is 4.98 Å². The van der Waals surface area contributed by atoms with Crippen molar-refractivity contribution in [2.24, 2.45) is 0 Å². The van der Waals surface area contributed by atoms with E-state index in [9.17, 15) is 15.0 Å². The van der Waals surface area contributed by atoms with E-state index in [1.54, 1.807) is 12.1 Å². The Morgan fingerprint density at radius 1 is 1.19 bits per heavy atom. The van der Waals surface area contributed by atoms with Crippen molar-refractivity contribution in [3.8, 4) is 22.9 Å². The molecule has 0 bridgehead atoms. The van der Waals surface area contributed by atoms with Gasteiger partial charge >= 0.3 is 0 Å². The molecule has 2 aromatic carbocycles. The number of aromatic amines is 1. The molecule has 1 fully saturated rings. The Morgan fingerprint density at radius 2 is 1.94 bits per heavy atom. The van der Waals surface area contributed by atoms with Crippen molar-refractivity contribution in [3.05, 3.63) is 76.4 Å². The Morgan fingerprint density at radius 3 is 2.59 bits per heavy atom. The smallest absolute Gasteiger partial charge is 0.213 e. The Labute approximate surface area is 189 Å². The second-order valence-corrected chi connectivity index (χ2v) is 8.57. The largest absolute Gasteiger partial charge is 0.494 e. The topological polar surface area (TPSA) is 95.4 Å². The van der Waals surface area contributed by atoms with Crippen LogP contribution in [0.25, 0.3) is 22.0 Å². The van der Waals surface area contributed by atoms with E-state index in [0.717, 1.165) is 29.5 Å². The molecule has 0 radical (unpaired) electrons. The number of carbonyl (C=O) groups excluding carboxylic acids is 1. The van der Waals surface area contributed by atoms with Crippen LogP contribution in [-0.2, 0) is 5.41 Å². The Bertz CT molecular complexity index is 1340. The van der Waals surface area contributed by atoms with Crippen LogP contribution in [0.3, 0.4) is 0 Å². The maximum absolute atomic E-state index is 13.2. The lowest BCUT2D eigenvalue weighted by molar-refractivity contribution is 0.103. The molecule has 2 heterocycles. The third-order valence-corrected chi connectivity index (χ3v) is 6.58. The van der Waals surface area contributed by atoms with Crippen LogP contribution < -0.4 is 4.74 Å². The Balaban J connectivity index is 1.59. The van der Waals surface area contributed by atoms with Gasteiger partial charge in [0.15, 0.2) is 5.78 Å². The number of pyridine rings is 1. The van der Waals surface area contributed by atoms with Crippen molar-refractivity contribution in [1.29, 1.82) is 0 Å². The lowest BCUT2D eigenvalue weighted by Crippen LogP contribution is -2.11. The van der Waals surface area contributed by atoms with Crippen LogP contribution in [0.5, 0.6) is 11.8 Å². The number of ketones is 1. The van der Waals surface area contributed by atoms with E-state index in [1.165, 1.54) is 19.4 Å². The van der Waals surface area contributed by atoms with Crippen molar-refractivity contribution in [1.82, 2.24) is 9.97 Å². The van der Waals surface area contributed by atoms with Gasteiger partial charge in [0.2, 0.25) is 11.8 Å². The monoisotopic (exact) mass is 448 g/mol. The molecule has 0 atom stereocenters. The summed E-state index contributed by atoms with van der Waals surface area (Å²) in [5, 5.41) is 21.3. The van der Waals surface area contributed by atoms with Crippen LogP contribution in [0.15, 0.2) is 54.7 Å². The molecular weight excluding hydrogens is 428 g/mol. The lowest BCUT2D eigenvalue weighted by atomic mass is 9.93. The van der Waals surface area contributed by atoms with E-state index >= 15 is 0 Å². The molecule has 0 amide bonds. The van der Waals surface area contributed by atoms with E-state index in [-0.39, 0.29) is 29.2 Å². The Hall–Kier alpha value is -3.35. The Kier molecular flexibility index (Phi) is 4.92. The standard InChI is InChI=1S/C25H21ClN2O4/c1-32-21-10-15(6-9-27-21)23(30)22-18-11-17(19(26)12-20(18)28-24(22)31)14-2-4-16(5-3-14)25(13-29)7-8-25/h2-6,9-12,28-29,31H,7-8,13H2,1H3. The van der Waals surface area contributed by atoms with Gasteiger partial charge in [-0.1, -0.05) is 35.9 Å².